The Morgan fingerprint density at radius 1 is 1.11 bits per heavy atom. The fourth-order valence-electron chi connectivity index (χ4n) is 3.00. The molecular formula is C19H23ClN4O3. The van der Waals surface area contributed by atoms with Crippen LogP contribution in [-0.4, -0.2) is 56.3 Å². The molecule has 1 aromatic heterocycles. The molecule has 8 heteroatoms. The zero-order chi connectivity index (χ0) is 19.4. The van der Waals surface area contributed by atoms with Gasteiger partial charge in [0.15, 0.2) is 0 Å². The minimum atomic E-state index is -0.189. The van der Waals surface area contributed by atoms with Crippen LogP contribution < -0.4 is 19.7 Å². The molecule has 3 rings (SSSR count). The topological polar surface area (TPSA) is 66.9 Å². The Morgan fingerprint density at radius 2 is 1.81 bits per heavy atom. The summed E-state index contributed by atoms with van der Waals surface area (Å²) in [4.78, 5) is 21.1. The number of carbonyl (C=O) groups is 1. The van der Waals surface area contributed by atoms with E-state index in [9.17, 15) is 4.79 Å². The van der Waals surface area contributed by atoms with Crippen LogP contribution in [0.1, 0.15) is 5.69 Å². The first kappa shape index (κ1) is 19.1. The Labute approximate surface area is 163 Å². The predicted molar refractivity (Wildman–Crippen MR) is 106 cm³/mol. The van der Waals surface area contributed by atoms with E-state index in [1.807, 2.05) is 25.1 Å². The molecule has 1 fully saturated rings. The average molecular weight is 391 g/mol. The lowest BCUT2D eigenvalue weighted by atomic mass is 10.2. The van der Waals surface area contributed by atoms with E-state index in [0.717, 1.165) is 24.6 Å². The lowest BCUT2D eigenvalue weighted by molar-refractivity contribution is 0.208. The van der Waals surface area contributed by atoms with Gasteiger partial charge >= 0.3 is 6.03 Å². The summed E-state index contributed by atoms with van der Waals surface area (Å²) in [6, 6.07) is 9.05. The van der Waals surface area contributed by atoms with Gasteiger partial charge in [0.05, 0.1) is 24.9 Å². The monoisotopic (exact) mass is 390 g/mol. The fourth-order valence-corrected chi connectivity index (χ4v) is 3.24. The Bertz CT molecular complexity index is 823. The van der Waals surface area contributed by atoms with Crippen molar-refractivity contribution in [3.63, 3.8) is 0 Å². The number of aryl methyl sites for hydroxylation is 1. The number of hydrogen-bond acceptors (Lipinski definition) is 5. The minimum absolute atomic E-state index is 0.189. The summed E-state index contributed by atoms with van der Waals surface area (Å²) in [7, 11) is 3.06. The number of amides is 2. The van der Waals surface area contributed by atoms with E-state index < -0.39 is 0 Å². The second kappa shape index (κ2) is 8.35. The van der Waals surface area contributed by atoms with Gasteiger partial charge in [0.1, 0.15) is 17.3 Å². The third-order valence-corrected chi connectivity index (χ3v) is 4.78. The van der Waals surface area contributed by atoms with Gasteiger partial charge in [-0.3, -0.25) is 0 Å². The quantitative estimate of drug-likeness (QED) is 0.866. The maximum atomic E-state index is 12.6. The van der Waals surface area contributed by atoms with Crippen LogP contribution in [0.15, 0.2) is 30.3 Å². The number of halogens is 1. The molecule has 0 atom stereocenters. The molecule has 1 aliphatic heterocycles. The number of urea groups is 1. The third-order valence-electron chi connectivity index (χ3n) is 4.48. The molecule has 0 spiro atoms. The standard InChI is InChI=1S/C19H23ClN4O3/c1-13-5-4-6-18(21-13)23-7-9-24(10-8-23)19(25)22-15-11-14(20)16(26-2)12-17(15)27-3/h4-6,11-12H,7-10H2,1-3H3,(H,22,25). The van der Waals surface area contributed by atoms with Gasteiger partial charge in [-0.25, -0.2) is 9.78 Å². The summed E-state index contributed by atoms with van der Waals surface area (Å²) in [6.07, 6.45) is 0. The molecular weight excluding hydrogens is 368 g/mol. The smallest absolute Gasteiger partial charge is 0.322 e. The van der Waals surface area contributed by atoms with Crippen LogP contribution in [0, 0.1) is 6.92 Å². The zero-order valence-corrected chi connectivity index (χ0v) is 16.4. The number of rotatable bonds is 4. The van der Waals surface area contributed by atoms with E-state index in [-0.39, 0.29) is 6.03 Å². The molecule has 0 aliphatic carbocycles. The van der Waals surface area contributed by atoms with E-state index in [0.29, 0.717) is 35.3 Å². The van der Waals surface area contributed by atoms with Gasteiger partial charge in [-0.2, -0.15) is 0 Å². The first-order chi connectivity index (χ1) is 13.0. The van der Waals surface area contributed by atoms with Gasteiger partial charge in [-0.1, -0.05) is 17.7 Å². The molecule has 2 heterocycles. The normalized spacial score (nSPS) is 14.1. The van der Waals surface area contributed by atoms with Crippen LogP contribution in [0.2, 0.25) is 5.02 Å². The van der Waals surface area contributed by atoms with Gasteiger partial charge in [-0.15, -0.1) is 0 Å². The van der Waals surface area contributed by atoms with E-state index >= 15 is 0 Å². The largest absolute Gasteiger partial charge is 0.495 e. The van der Waals surface area contributed by atoms with E-state index in [4.69, 9.17) is 21.1 Å². The molecule has 0 bridgehead atoms. The lowest BCUT2D eigenvalue weighted by Crippen LogP contribution is -2.50. The minimum Gasteiger partial charge on any atom is -0.495 e. The fraction of sp³-hybridized carbons (Fsp3) is 0.368. The number of piperazine rings is 1. The van der Waals surface area contributed by atoms with Crippen molar-refractivity contribution in [2.45, 2.75) is 6.92 Å². The van der Waals surface area contributed by atoms with Crippen LogP contribution >= 0.6 is 11.6 Å². The van der Waals surface area contributed by atoms with Crippen molar-refractivity contribution in [1.29, 1.82) is 0 Å². The van der Waals surface area contributed by atoms with Gasteiger partial charge in [-0.05, 0) is 25.1 Å². The van der Waals surface area contributed by atoms with Gasteiger partial charge < -0.3 is 24.6 Å². The Kier molecular flexibility index (Phi) is 5.91. The number of carbonyl (C=O) groups excluding carboxylic acids is 1. The first-order valence-corrected chi connectivity index (χ1v) is 9.05. The number of pyridine rings is 1. The van der Waals surface area contributed by atoms with Crippen LogP contribution in [0.5, 0.6) is 11.5 Å². The molecule has 0 saturated carbocycles. The number of methoxy groups -OCH3 is 2. The number of anilines is 2. The van der Waals surface area contributed by atoms with E-state index in [1.54, 1.807) is 17.0 Å². The summed E-state index contributed by atoms with van der Waals surface area (Å²) in [5.41, 5.74) is 1.49. The number of nitrogens with zero attached hydrogens (tertiary/aromatic N) is 3. The summed E-state index contributed by atoms with van der Waals surface area (Å²) < 4.78 is 10.5. The number of benzene rings is 1. The summed E-state index contributed by atoms with van der Waals surface area (Å²) in [5, 5.41) is 3.28. The highest BCUT2D eigenvalue weighted by Crippen LogP contribution is 2.36. The second-order valence-electron chi connectivity index (χ2n) is 6.23. The van der Waals surface area contributed by atoms with Crippen molar-refractivity contribution in [2.75, 3.05) is 50.6 Å². The number of ether oxygens (including phenoxy) is 2. The average Bonchev–Trinajstić information content (AvgIpc) is 2.68. The van der Waals surface area contributed by atoms with Crippen molar-refractivity contribution >= 4 is 29.1 Å². The molecule has 144 valence electrons. The van der Waals surface area contributed by atoms with Crippen LogP contribution in [-0.2, 0) is 0 Å². The van der Waals surface area contributed by atoms with Crippen molar-refractivity contribution in [2.24, 2.45) is 0 Å². The maximum Gasteiger partial charge on any atom is 0.322 e. The highest BCUT2D eigenvalue weighted by Gasteiger charge is 2.23. The zero-order valence-electron chi connectivity index (χ0n) is 15.7. The predicted octanol–water partition coefficient (Wildman–Crippen LogP) is 3.41. The summed E-state index contributed by atoms with van der Waals surface area (Å²) in [6.45, 7) is 4.64. The summed E-state index contributed by atoms with van der Waals surface area (Å²) >= 11 is 6.17. The van der Waals surface area contributed by atoms with Crippen molar-refractivity contribution in [3.05, 3.63) is 41.0 Å². The Morgan fingerprint density at radius 3 is 2.44 bits per heavy atom. The van der Waals surface area contributed by atoms with Gasteiger partial charge in [0.25, 0.3) is 0 Å². The molecule has 1 aliphatic rings. The van der Waals surface area contributed by atoms with Crippen LogP contribution in [0.3, 0.4) is 0 Å². The van der Waals surface area contributed by atoms with Gasteiger partial charge in [0, 0.05) is 37.9 Å². The molecule has 1 saturated heterocycles. The third kappa shape index (κ3) is 4.36. The highest BCUT2D eigenvalue weighted by atomic mass is 35.5. The molecule has 7 nitrogen and oxygen atoms in total. The van der Waals surface area contributed by atoms with Crippen molar-refractivity contribution in [3.8, 4) is 11.5 Å². The molecule has 0 unspecified atom stereocenters. The van der Waals surface area contributed by atoms with Gasteiger partial charge in [0.2, 0.25) is 0 Å². The molecule has 2 aromatic rings. The highest BCUT2D eigenvalue weighted by molar-refractivity contribution is 6.32. The number of hydrogen-bond donors (Lipinski definition) is 1. The maximum absolute atomic E-state index is 12.6. The van der Waals surface area contributed by atoms with Crippen LogP contribution in [0.25, 0.3) is 0 Å². The number of nitrogens with one attached hydrogen (secondary N) is 1. The Balaban J connectivity index is 1.64. The molecule has 1 aromatic carbocycles. The van der Waals surface area contributed by atoms with Crippen LogP contribution in [0.4, 0.5) is 16.3 Å². The Hall–Kier alpha value is -2.67. The van der Waals surface area contributed by atoms with Crippen molar-refractivity contribution < 1.29 is 14.3 Å². The first-order valence-electron chi connectivity index (χ1n) is 8.68. The molecule has 1 N–H and O–H groups in total. The van der Waals surface area contributed by atoms with E-state index in [2.05, 4.69) is 15.2 Å². The lowest BCUT2D eigenvalue weighted by Gasteiger charge is -2.35. The molecule has 27 heavy (non-hydrogen) atoms. The van der Waals surface area contributed by atoms with Crippen molar-refractivity contribution in [1.82, 2.24) is 9.88 Å². The number of aromatic nitrogens is 1. The summed E-state index contributed by atoms with van der Waals surface area (Å²) in [5.74, 6) is 1.93. The SMILES string of the molecule is COc1cc(OC)c(NC(=O)N2CCN(c3cccc(C)n3)CC2)cc1Cl. The molecule has 0 radical (unpaired) electrons. The molecule has 2 amide bonds. The second-order valence-corrected chi connectivity index (χ2v) is 6.64. The van der Waals surface area contributed by atoms with E-state index in [1.165, 1.54) is 14.2 Å².